The Morgan fingerprint density at radius 3 is 3.09 bits per heavy atom. The average Bonchev–Trinajstić information content (AvgIpc) is 2.47. The van der Waals surface area contributed by atoms with Gasteiger partial charge in [-0.1, -0.05) is 12.2 Å². The quantitative estimate of drug-likeness (QED) is 0.615. The minimum Gasteiger partial charge on any atom is -0.395 e. The van der Waals surface area contributed by atoms with Crippen molar-refractivity contribution in [3.8, 4) is 0 Å². The van der Waals surface area contributed by atoms with Crippen LogP contribution in [0.5, 0.6) is 0 Å². The normalized spacial score (nSPS) is 26.9. The smallest absolute Gasteiger partial charge is 0.0587 e. The molecule has 1 fully saturated rings. The van der Waals surface area contributed by atoms with Crippen molar-refractivity contribution in [3.63, 3.8) is 0 Å². The summed E-state index contributed by atoms with van der Waals surface area (Å²) in [5, 5.41) is 8.97. The first kappa shape index (κ1) is 8.75. The number of aliphatic hydroxyl groups excluding tert-OH is 1. The predicted octanol–water partition coefficient (Wildman–Crippen LogP) is 1.02. The molecular formula is C9H17NO. The second-order valence-corrected chi connectivity index (χ2v) is 3.04. The van der Waals surface area contributed by atoms with Gasteiger partial charge in [0.2, 0.25) is 0 Å². The number of allylic oxidation sites excluding steroid dienone is 1. The SMILES string of the molecule is CC=CCN1CCC[C@H]1CO. The summed E-state index contributed by atoms with van der Waals surface area (Å²) in [4.78, 5) is 2.33. The summed E-state index contributed by atoms with van der Waals surface area (Å²) >= 11 is 0. The van der Waals surface area contributed by atoms with Crippen molar-refractivity contribution < 1.29 is 5.11 Å². The molecule has 1 N–H and O–H groups in total. The van der Waals surface area contributed by atoms with E-state index in [1.54, 1.807) is 0 Å². The molecule has 11 heavy (non-hydrogen) atoms. The minimum atomic E-state index is 0.317. The fraction of sp³-hybridized carbons (Fsp3) is 0.778. The van der Waals surface area contributed by atoms with Gasteiger partial charge >= 0.3 is 0 Å². The van der Waals surface area contributed by atoms with Gasteiger partial charge in [-0.3, -0.25) is 4.90 Å². The van der Waals surface area contributed by atoms with E-state index < -0.39 is 0 Å². The lowest BCUT2D eigenvalue weighted by Gasteiger charge is -2.20. The average molecular weight is 155 g/mol. The second kappa shape index (κ2) is 4.52. The molecule has 0 aromatic carbocycles. The predicted molar refractivity (Wildman–Crippen MR) is 46.5 cm³/mol. The van der Waals surface area contributed by atoms with E-state index in [9.17, 15) is 0 Å². The second-order valence-electron chi connectivity index (χ2n) is 3.04. The van der Waals surface area contributed by atoms with Crippen LogP contribution >= 0.6 is 0 Å². The Morgan fingerprint density at radius 1 is 1.64 bits per heavy atom. The van der Waals surface area contributed by atoms with Crippen molar-refractivity contribution in [2.45, 2.75) is 25.8 Å². The summed E-state index contributed by atoms with van der Waals surface area (Å²) in [5.74, 6) is 0. The van der Waals surface area contributed by atoms with Crippen LogP contribution < -0.4 is 0 Å². The fourth-order valence-corrected chi connectivity index (χ4v) is 1.58. The molecule has 1 heterocycles. The molecule has 1 rings (SSSR count). The lowest BCUT2D eigenvalue weighted by molar-refractivity contribution is 0.170. The van der Waals surface area contributed by atoms with E-state index in [0.29, 0.717) is 12.6 Å². The first-order valence-corrected chi connectivity index (χ1v) is 4.34. The monoisotopic (exact) mass is 155 g/mol. The Hall–Kier alpha value is -0.340. The van der Waals surface area contributed by atoms with Gasteiger partial charge in [-0.05, 0) is 26.3 Å². The van der Waals surface area contributed by atoms with Crippen LogP contribution in [0.2, 0.25) is 0 Å². The third-order valence-electron chi connectivity index (χ3n) is 2.29. The molecule has 0 unspecified atom stereocenters. The van der Waals surface area contributed by atoms with Gasteiger partial charge in [-0.15, -0.1) is 0 Å². The highest BCUT2D eigenvalue weighted by Gasteiger charge is 2.21. The highest BCUT2D eigenvalue weighted by molar-refractivity contribution is 4.87. The Labute approximate surface area is 68.5 Å². The number of rotatable bonds is 3. The van der Waals surface area contributed by atoms with E-state index in [2.05, 4.69) is 17.1 Å². The summed E-state index contributed by atoms with van der Waals surface area (Å²) in [6, 6.07) is 0.422. The molecule has 0 radical (unpaired) electrons. The van der Waals surface area contributed by atoms with Gasteiger partial charge < -0.3 is 5.11 Å². The molecule has 0 aromatic rings. The van der Waals surface area contributed by atoms with Crippen LogP contribution in [-0.2, 0) is 0 Å². The maximum Gasteiger partial charge on any atom is 0.0587 e. The molecule has 0 amide bonds. The van der Waals surface area contributed by atoms with Gasteiger partial charge in [-0.25, -0.2) is 0 Å². The van der Waals surface area contributed by atoms with Crippen molar-refractivity contribution in [2.24, 2.45) is 0 Å². The van der Waals surface area contributed by atoms with Crippen LogP contribution in [0.4, 0.5) is 0 Å². The molecule has 0 aromatic heterocycles. The molecule has 0 spiro atoms. The molecule has 64 valence electrons. The summed E-state index contributed by atoms with van der Waals surface area (Å²) in [6.45, 7) is 4.50. The molecule has 0 bridgehead atoms. The maximum atomic E-state index is 8.97. The third kappa shape index (κ3) is 2.31. The maximum absolute atomic E-state index is 8.97. The van der Waals surface area contributed by atoms with E-state index in [-0.39, 0.29) is 0 Å². The number of aliphatic hydroxyl groups is 1. The molecule has 1 atom stereocenters. The molecule has 2 heteroatoms. The van der Waals surface area contributed by atoms with Gasteiger partial charge in [0, 0.05) is 12.6 Å². The largest absolute Gasteiger partial charge is 0.395 e. The van der Waals surface area contributed by atoms with Crippen LogP contribution in [0.25, 0.3) is 0 Å². The standard InChI is InChI=1S/C9H17NO/c1-2-3-6-10-7-4-5-9(10)8-11/h2-3,9,11H,4-8H2,1H3/t9-/m0/s1. The molecular weight excluding hydrogens is 138 g/mol. The topological polar surface area (TPSA) is 23.5 Å². The minimum absolute atomic E-state index is 0.317. The van der Waals surface area contributed by atoms with Crippen molar-refractivity contribution in [1.29, 1.82) is 0 Å². The summed E-state index contributed by atoms with van der Waals surface area (Å²) in [6.07, 6.45) is 6.61. The Kier molecular flexibility index (Phi) is 3.60. The number of hydrogen-bond donors (Lipinski definition) is 1. The van der Waals surface area contributed by atoms with Crippen molar-refractivity contribution >= 4 is 0 Å². The lowest BCUT2D eigenvalue weighted by Crippen LogP contribution is -2.32. The van der Waals surface area contributed by atoms with Gasteiger partial charge in [-0.2, -0.15) is 0 Å². The fourth-order valence-electron chi connectivity index (χ4n) is 1.58. The van der Waals surface area contributed by atoms with Crippen LogP contribution in [0.3, 0.4) is 0 Å². The van der Waals surface area contributed by atoms with E-state index in [1.165, 1.54) is 6.42 Å². The van der Waals surface area contributed by atoms with Crippen molar-refractivity contribution in [1.82, 2.24) is 4.90 Å². The Balaban J connectivity index is 2.31. The van der Waals surface area contributed by atoms with Gasteiger partial charge in [0.1, 0.15) is 0 Å². The zero-order chi connectivity index (χ0) is 8.10. The van der Waals surface area contributed by atoms with Crippen LogP contribution in [0.15, 0.2) is 12.2 Å². The Bertz CT molecular complexity index is 134. The summed E-state index contributed by atoms with van der Waals surface area (Å²) < 4.78 is 0. The number of hydrogen-bond acceptors (Lipinski definition) is 2. The van der Waals surface area contributed by atoms with Crippen LogP contribution in [-0.4, -0.2) is 35.7 Å². The summed E-state index contributed by atoms with van der Waals surface area (Å²) in [5.41, 5.74) is 0. The lowest BCUT2D eigenvalue weighted by atomic mass is 10.2. The molecule has 1 aliphatic rings. The third-order valence-corrected chi connectivity index (χ3v) is 2.29. The highest BCUT2D eigenvalue weighted by atomic mass is 16.3. The zero-order valence-electron chi connectivity index (χ0n) is 7.16. The van der Waals surface area contributed by atoms with E-state index >= 15 is 0 Å². The zero-order valence-corrected chi connectivity index (χ0v) is 7.16. The van der Waals surface area contributed by atoms with Crippen LogP contribution in [0.1, 0.15) is 19.8 Å². The van der Waals surface area contributed by atoms with Gasteiger partial charge in [0.15, 0.2) is 0 Å². The first-order valence-electron chi connectivity index (χ1n) is 4.34. The molecule has 0 aliphatic carbocycles. The number of nitrogens with zero attached hydrogens (tertiary/aromatic N) is 1. The molecule has 2 nitrogen and oxygen atoms in total. The van der Waals surface area contributed by atoms with E-state index in [4.69, 9.17) is 5.11 Å². The van der Waals surface area contributed by atoms with Crippen molar-refractivity contribution in [2.75, 3.05) is 19.7 Å². The van der Waals surface area contributed by atoms with Gasteiger partial charge in [0.25, 0.3) is 0 Å². The van der Waals surface area contributed by atoms with Crippen molar-refractivity contribution in [3.05, 3.63) is 12.2 Å². The first-order chi connectivity index (χ1) is 5.38. The Morgan fingerprint density at radius 2 is 2.45 bits per heavy atom. The molecule has 1 saturated heterocycles. The van der Waals surface area contributed by atoms with Gasteiger partial charge in [0.05, 0.1) is 6.61 Å². The van der Waals surface area contributed by atoms with E-state index in [1.807, 2.05) is 6.92 Å². The van der Waals surface area contributed by atoms with E-state index in [0.717, 1.165) is 19.5 Å². The number of likely N-dealkylation sites (tertiary alicyclic amines) is 1. The molecule has 0 saturated carbocycles. The van der Waals surface area contributed by atoms with Crippen LogP contribution in [0, 0.1) is 0 Å². The molecule has 1 aliphatic heterocycles. The highest BCUT2D eigenvalue weighted by Crippen LogP contribution is 2.15. The summed E-state index contributed by atoms with van der Waals surface area (Å²) in [7, 11) is 0.